The second kappa shape index (κ2) is 6.22. The molecule has 0 radical (unpaired) electrons. The van der Waals surface area contributed by atoms with E-state index in [9.17, 15) is 4.79 Å². The Kier molecular flexibility index (Phi) is 4.60. The van der Waals surface area contributed by atoms with Crippen LogP contribution in [-0.2, 0) is 13.1 Å². The summed E-state index contributed by atoms with van der Waals surface area (Å²) in [7, 11) is 0. The van der Waals surface area contributed by atoms with Gasteiger partial charge >= 0.3 is 0 Å². The van der Waals surface area contributed by atoms with E-state index in [2.05, 4.69) is 26.3 Å². The molecule has 20 heavy (non-hydrogen) atoms. The Morgan fingerprint density at radius 2 is 2.15 bits per heavy atom. The van der Waals surface area contributed by atoms with Crippen molar-refractivity contribution < 1.29 is 4.79 Å². The molecule has 1 heterocycles. The molecule has 0 aliphatic heterocycles. The number of halogens is 1. The summed E-state index contributed by atoms with van der Waals surface area (Å²) in [5.74, 6) is -0.0572. The topological polar surface area (TPSA) is 46.9 Å². The number of hydrogen-bond donors (Lipinski definition) is 1. The van der Waals surface area contributed by atoms with Crippen LogP contribution < -0.4 is 5.32 Å². The largest absolute Gasteiger partial charge is 0.346 e. The van der Waals surface area contributed by atoms with E-state index in [1.807, 2.05) is 43.7 Å². The van der Waals surface area contributed by atoms with Crippen LogP contribution in [-0.4, -0.2) is 15.7 Å². The molecule has 0 atom stereocenters. The zero-order chi connectivity index (χ0) is 14.7. The number of hydrogen-bond acceptors (Lipinski definition) is 2. The lowest BCUT2D eigenvalue weighted by molar-refractivity contribution is 0.0949. The summed E-state index contributed by atoms with van der Waals surface area (Å²) in [4.78, 5) is 12.2. The molecule has 0 spiro atoms. The molecule has 2 aromatic rings. The van der Waals surface area contributed by atoms with Gasteiger partial charge in [-0.1, -0.05) is 17.7 Å². The van der Waals surface area contributed by atoms with E-state index in [1.54, 1.807) is 6.20 Å². The number of nitrogens with zero attached hydrogens (tertiary/aromatic N) is 2. The second-order valence-corrected chi connectivity index (χ2v) is 5.61. The fourth-order valence-corrected chi connectivity index (χ4v) is 2.60. The smallest absolute Gasteiger partial charge is 0.251 e. The molecule has 0 bridgehead atoms. The van der Waals surface area contributed by atoms with Gasteiger partial charge in [0.25, 0.3) is 5.91 Å². The molecular formula is C15H18BrN3O. The zero-order valence-electron chi connectivity index (χ0n) is 11.9. The fourth-order valence-electron chi connectivity index (χ4n) is 2.16. The molecule has 1 aromatic carbocycles. The first-order valence-corrected chi connectivity index (χ1v) is 7.38. The predicted molar refractivity (Wildman–Crippen MR) is 82.7 cm³/mol. The van der Waals surface area contributed by atoms with E-state index < -0.39 is 0 Å². The van der Waals surface area contributed by atoms with Crippen molar-refractivity contribution in [2.75, 3.05) is 0 Å². The van der Waals surface area contributed by atoms with Crippen molar-refractivity contribution in [1.82, 2.24) is 15.1 Å². The van der Waals surface area contributed by atoms with Gasteiger partial charge in [0, 0.05) is 12.1 Å². The first kappa shape index (κ1) is 14.8. The van der Waals surface area contributed by atoms with Crippen molar-refractivity contribution in [3.8, 4) is 0 Å². The molecular weight excluding hydrogens is 318 g/mol. The first-order chi connectivity index (χ1) is 9.52. The van der Waals surface area contributed by atoms with E-state index >= 15 is 0 Å². The highest BCUT2D eigenvalue weighted by atomic mass is 79.9. The van der Waals surface area contributed by atoms with Gasteiger partial charge in [-0.25, -0.2) is 0 Å². The number of benzene rings is 1. The van der Waals surface area contributed by atoms with Gasteiger partial charge in [0.15, 0.2) is 0 Å². The summed E-state index contributed by atoms with van der Waals surface area (Å²) in [6.45, 7) is 7.23. The van der Waals surface area contributed by atoms with Crippen molar-refractivity contribution >= 4 is 21.8 Å². The minimum absolute atomic E-state index is 0.0572. The Morgan fingerprint density at radius 3 is 2.80 bits per heavy atom. The monoisotopic (exact) mass is 335 g/mol. The predicted octanol–water partition coefficient (Wildman–Crippen LogP) is 3.21. The number of aromatic nitrogens is 2. The van der Waals surface area contributed by atoms with Crippen molar-refractivity contribution in [3.63, 3.8) is 0 Å². The van der Waals surface area contributed by atoms with Crippen LogP contribution in [0.25, 0.3) is 0 Å². The number of rotatable bonds is 4. The standard InChI is InChI=1S/C15H18BrN3O/c1-4-19-14(13(16)8-18-19)9-17-15(20)12-6-5-10(2)7-11(12)3/h5-8H,4,9H2,1-3H3,(H,17,20). The van der Waals surface area contributed by atoms with Crippen LogP contribution in [0, 0.1) is 13.8 Å². The van der Waals surface area contributed by atoms with Crippen molar-refractivity contribution in [1.29, 1.82) is 0 Å². The van der Waals surface area contributed by atoms with Gasteiger partial charge in [-0.3, -0.25) is 9.48 Å². The average molecular weight is 336 g/mol. The van der Waals surface area contributed by atoms with E-state index in [0.717, 1.165) is 27.8 Å². The number of nitrogens with one attached hydrogen (secondary N) is 1. The van der Waals surface area contributed by atoms with Gasteiger partial charge < -0.3 is 5.32 Å². The Balaban J connectivity index is 2.10. The van der Waals surface area contributed by atoms with Gasteiger partial charge in [0.1, 0.15) is 0 Å². The summed E-state index contributed by atoms with van der Waals surface area (Å²) < 4.78 is 2.78. The summed E-state index contributed by atoms with van der Waals surface area (Å²) >= 11 is 3.45. The Morgan fingerprint density at radius 1 is 1.40 bits per heavy atom. The lowest BCUT2D eigenvalue weighted by atomic mass is 10.1. The number of carbonyl (C=O) groups is 1. The van der Waals surface area contributed by atoms with Crippen molar-refractivity contribution in [2.45, 2.75) is 33.9 Å². The van der Waals surface area contributed by atoms with Crippen molar-refractivity contribution in [3.05, 3.63) is 51.3 Å². The number of carbonyl (C=O) groups excluding carboxylic acids is 1. The summed E-state index contributed by atoms with van der Waals surface area (Å²) in [5, 5.41) is 7.18. The maximum atomic E-state index is 12.2. The summed E-state index contributed by atoms with van der Waals surface area (Å²) in [6, 6.07) is 5.83. The van der Waals surface area contributed by atoms with Gasteiger partial charge in [-0.05, 0) is 48.3 Å². The molecule has 106 valence electrons. The maximum absolute atomic E-state index is 12.2. The van der Waals surface area contributed by atoms with Crippen LogP contribution in [0.5, 0.6) is 0 Å². The van der Waals surface area contributed by atoms with Crippen LogP contribution in [0.2, 0.25) is 0 Å². The molecule has 2 rings (SSSR count). The molecule has 0 saturated heterocycles. The molecule has 4 nitrogen and oxygen atoms in total. The van der Waals surface area contributed by atoms with E-state index in [-0.39, 0.29) is 5.91 Å². The molecule has 5 heteroatoms. The maximum Gasteiger partial charge on any atom is 0.251 e. The van der Waals surface area contributed by atoms with Gasteiger partial charge in [0.05, 0.1) is 22.9 Å². The van der Waals surface area contributed by atoms with E-state index in [4.69, 9.17) is 0 Å². The number of amides is 1. The van der Waals surface area contributed by atoms with Gasteiger partial charge in [-0.15, -0.1) is 0 Å². The van der Waals surface area contributed by atoms with Crippen LogP contribution >= 0.6 is 15.9 Å². The number of aryl methyl sites for hydroxylation is 3. The highest BCUT2D eigenvalue weighted by Crippen LogP contribution is 2.16. The van der Waals surface area contributed by atoms with Crippen LogP contribution in [0.1, 0.15) is 34.1 Å². The highest BCUT2D eigenvalue weighted by molar-refractivity contribution is 9.10. The Labute approximate surface area is 127 Å². The van der Waals surface area contributed by atoms with E-state index in [1.165, 1.54) is 0 Å². The molecule has 0 aliphatic rings. The molecule has 1 aromatic heterocycles. The highest BCUT2D eigenvalue weighted by Gasteiger charge is 2.12. The molecule has 1 amide bonds. The third kappa shape index (κ3) is 3.10. The SMILES string of the molecule is CCn1ncc(Br)c1CNC(=O)c1ccc(C)cc1C. The third-order valence-corrected chi connectivity index (χ3v) is 3.90. The van der Waals surface area contributed by atoms with Crippen LogP contribution in [0.3, 0.4) is 0 Å². The minimum atomic E-state index is -0.0572. The lowest BCUT2D eigenvalue weighted by Crippen LogP contribution is -2.25. The third-order valence-electron chi connectivity index (χ3n) is 3.24. The zero-order valence-corrected chi connectivity index (χ0v) is 13.5. The van der Waals surface area contributed by atoms with Crippen LogP contribution in [0.15, 0.2) is 28.9 Å². The van der Waals surface area contributed by atoms with Gasteiger partial charge in [-0.2, -0.15) is 5.10 Å². The molecule has 1 N–H and O–H groups in total. The second-order valence-electron chi connectivity index (χ2n) is 4.76. The molecule has 0 aliphatic carbocycles. The molecule has 0 fully saturated rings. The normalized spacial score (nSPS) is 10.6. The summed E-state index contributed by atoms with van der Waals surface area (Å²) in [5.41, 5.74) is 3.84. The fraction of sp³-hybridized carbons (Fsp3) is 0.333. The Hall–Kier alpha value is -1.62. The van der Waals surface area contributed by atoms with Crippen LogP contribution in [0.4, 0.5) is 0 Å². The molecule has 0 saturated carbocycles. The molecule has 0 unspecified atom stereocenters. The first-order valence-electron chi connectivity index (χ1n) is 6.58. The quantitative estimate of drug-likeness (QED) is 0.932. The van der Waals surface area contributed by atoms with Gasteiger partial charge in [0.2, 0.25) is 0 Å². The Bertz CT molecular complexity index is 634. The van der Waals surface area contributed by atoms with Crippen molar-refractivity contribution in [2.24, 2.45) is 0 Å². The summed E-state index contributed by atoms with van der Waals surface area (Å²) in [6.07, 6.45) is 1.75. The van der Waals surface area contributed by atoms with E-state index in [0.29, 0.717) is 12.1 Å². The minimum Gasteiger partial charge on any atom is -0.346 e. The average Bonchev–Trinajstić information content (AvgIpc) is 2.76. The lowest BCUT2D eigenvalue weighted by Gasteiger charge is -2.10.